The van der Waals surface area contributed by atoms with Gasteiger partial charge < -0.3 is 25.6 Å². The number of hydrogen-bond acceptors (Lipinski definition) is 9. The van der Waals surface area contributed by atoms with Gasteiger partial charge in [-0.1, -0.05) is 18.6 Å². The fourth-order valence-electron chi connectivity index (χ4n) is 4.03. The number of ether oxygens (including phenoxy) is 1. The lowest BCUT2D eigenvalue weighted by Crippen LogP contribution is -2.29. The van der Waals surface area contributed by atoms with Crippen LogP contribution in [0.1, 0.15) is 44.1 Å². The van der Waals surface area contributed by atoms with Crippen LogP contribution in [-0.2, 0) is 11.3 Å². The van der Waals surface area contributed by atoms with Crippen molar-refractivity contribution in [3.8, 4) is 5.75 Å². The van der Waals surface area contributed by atoms with Gasteiger partial charge in [0.1, 0.15) is 5.75 Å². The molecule has 3 N–H and O–H groups in total. The van der Waals surface area contributed by atoms with E-state index in [1.54, 1.807) is 0 Å². The highest BCUT2D eigenvalue weighted by Crippen LogP contribution is 2.19. The fraction of sp³-hybridized carbons (Fsp3) is 0.640. The van der Waals surface area contributed by atoms with Gasteiger partial charge in [0.05, 0.1) is 18.3 Å². The number of amides is 1. The van der Waals surface area contributed by atoms with Crippen molar-refractivity contribution in [2.75, 3.05) is 70.6 Å². The molecule has 0 spiro atoms. The monoisotopic (exact) mass is 503 g/mol. The predicted octanol–water partition coefficient (Wildman–Crippen LogP) is 3.27. The first-order valence-electron chi connectivity index (χ1n) is 12.8. The van der Waals surface area contributed by atoms with Crippen molar-refractivity contribution in [3.05, 3.63) is 29.8 Å². The number of aromatic nitrogens is 2. The molecule has 0 radical (unpaired) electrons. The Kier molecular flexibility index (Phi) is 12.1. The van der Waals surface area contributed by atoms with Crippen molar-refractivity contribution in [1.82, 2.24) is 23.9 Å². The molecule has 35 heavy (non-hydrogen) atoms. The van der Waals surface area contributed by atoms with Crippen LogP contribution in [0.5, 0.6) is 5.75 Å². The quantitative estimate of drug-likeness (QED) is 0.301. The molecule has 0 atom stereocenters. The minimum atomic E-state index is 0.0837. The van der Waals surface area contributed by atoms with E-state index in [1.807, 2.05) is 20.2 Å². The van der Waals surface area contributed by atoms with Gasteiger partial charge >= 0.3 is 0 Å². The second-order valence-corrected chi connectivity index (χ2v) is 9.79. The van der Waals surface area contributed by atoms with Gasteiger partial charge in [0.2, 0.25) is 5.91 Å². The molecule has 9 nitrogen and oxygen atoms in total. The molecular formula is C25H41N7O2S. The summed E-state index contributed by atoms with van der Waals surface area (Å²) in [5.41, 5.74) is 1.32. The Bertz CT molecular complexity index is 871. The largest absolute Gasteiger partial charge is 0.494 e. The van der Waals surface area contributed by atoms with Gasteiger partial charge in [0.25, 0.3) is 0 Å². The van der Waals surface area contributed by atoms with E-state index in [0.717, 1.165) is 49.9 Å². The van der Waals surface area contributed by atoms with E-state index < -0.39 is 0 Å². The first-order valence-corrected chi connectivity index (χ1v) is 13.5. The molecule has 194 valence electrons. The normalized spacial score (nSPS) is 14.1. The number of nitrogens with zero attached hydrogens (tertiary/aromatic N) is 4. The first kappa shape index (κ1) is 27.2. The van der Waals surface area contributed by atoms with Crippen LogP contribution in [0.15, 0.2) is 24.3 Å². The molecule has 10 heteroatoms. The Balaban J connectivity index is 1.27. The molecule has 0 aliphatic carbocycles. The summed E-state index contributed by atoms with van der Waals surface area (Å²) in [6, 6.07) is 8.46. The zero-order valence-electron chi connectivity index (χ0n) is 21.2. The average Bonchev–Trinajstić information content (AvgIpc) is 3.29. The van der Waals surface area contributed by atoms with Gasteiger partial charge in [0.15, 0.2) is 11.6 Å². The molecule has 2 aromatic rings. The zero-order chi connectivity index (χ0) is 24.7. The smallest absolute Gasteiger partial charge is 0.220 e. The molecular weight excluding hydrogens is 462 g/mol. The Morgan fingerprint density at radius 3 is 2.60 bits per heavy atom. The van der Waals surface area contributed by atoms with Gasteiger partial charge in [-0.25, -0.2) is 0 Å². The van der Waals surface area contributed by atoms with Gasteiger partial charge in [-0.2, -0.15) is 8.75 Å². The standard InChI is InChI=1S/C25H41N7O2S/c1-31(2)15-7-11-23(33)26-13-14-28-25-24(29-35-30-25)27-12-8-18-34-22-10-6-9-21(19-22)20-32-16-4-3-5-17-32/h6,9-10,19H,3-5,7-8,11-18,20H2,1-2H3,(H,26,33)(H,27,29)(H,28,30). The number of benzene rings is 1. The van der Waals surface area contributed by atoms with Crippen molar-refractivity contribution >= 4 is 29.3 Å². The average molecular weight is 504 g/mol. The van der Waals surface area contributed by atoms with Crippen LogP contribution in [0.3, 0.4) is 0 Å². The SMILES string of the molecule is CN(C)CCCC(=O)NCCNc1nsnc1NCCCOc1cccc(CN2CCCCC2)c1. The lowest BCUT2D eigenvalue weighted by molar-refractivity contribution is -0.121. The first-order chi connectivity index (χ1) is 17.1. The maximum Gasteiger partial charge on any atom is 0.220 e. The van der Waals surface area contributed by atoms with E-state index >= 15 is 0 Å². The van der Waals surface area contributed by atoms with E-state index in [4.69, 9.17) is 4.74 Å². The van der Waals surface area contributed by atoms with Crippen molar-refractivity contribution in [2.24, 2.45) is 0 Å². The van der Waals surface area contributed by atoms with Crippen molar-refractivity contribution in [1.29, 1.82) is 0 Å². The molecule has 3 rings (SSSR count). The van der Waals surface area contributed by atoms with Gasteiger partial charge in [-0.15, -0.1) is 0 Å². The van der Waals surface area contributed by atoms with E-state index in [9.17, 15) is 4.79 Å². The van der Waals surface area contributed by atoms with Crippen molar-refractivity contribution in [3.63, 3.8) is 0 Å². The van der Waals surface area contributed by atoms with Gasteiger partial charge in [0, 0.05) is 32.6 Å². The van der Waals surface area contributed by atoms with Gasteiger partial charge in [-0.3, -0.25) is 9.69 Å². The van der Waals surface area contributed by atoms with Crippen LogP contribution in [0.4, 0.5) is 11.6 Å². The second-order valence-electron chi connectivity index (χ2n) is 9.26. The molecule has 1 aliphatic rings. The van der Waals surface area contributed by atoms with Crippen molar-refractivity contribution in [2.45, 2.75) is 45.1 Å². The maximum atomic E-state index is 11.9. The van der Waals surface area contributed by atoms with Crippen LogP contribution in [0.25, 0.3) is 0 Å². The third-order valence-corrected chi connectivity index (χ3v) is 6.40. The Morgan fingerprint density at radius 2 is 1.83 bits per heavy atom. The highest BCUT2D eigenvalue weighted by atomic mass is 32.1. The van der Waals surface area contributed by atoms with Gasteiger partial charge in [-0.05, 0) is 77.1 Å². The number of carbonyl (C=O) groups is 1. The minimum Gasteiger partial charge on any atom is -0.494 e. The minimum absolute atomic E-state index is 0.0837. The number of piperidine rings is 1. The molecule has 1 aromatic carbocycles. The summed E-state index contributed by atoms with van der Waals surface area (Å²) in [5.74, 6) is 2.49. The van der Waals surface area contributed by atoms with Crippen LogP contribution < -0.4 is 20.7 Å². The molecule has 1 saturated heterocycles. The summed E-state index contributed by atoms with van der Waals surface area (Å²) < 4.78 is 14.6. The summed E-state index contributed by atoms with van der Waals surface area (Å²) in [6.45, 7) is 6.87. The Morgan fingerprint density at radius 1 is 1.06 bits per heavy atom. The van der Waals surface area contributed by atoms with Crippen LogP contribution in [-0.4, -0.2) is 84.4 Å². The summed E-state index contributed by atoms with van der Waals surface area (Å²) in [5, 5.41) is 9.51. The zero-order valence-corrected chi connectivity index (χ0v) is 22.0. The Labute approximate surface area is 213 Å². The fourth-order valence-corrected chi connectivity index (χ4v) is 4.53. The van der Waals surface area contributed by atoms with Crippen LogP contribution in [0.2, 0.25) is 0 Å². The van der Waals surface area contributed by atoms with E-state index in [2.05, 4.69) is 52.7 Å². The maximum absolute atomic E-state index is 11.9. The number of hydrogen-bond donors (Lipinski definition) is 3. The molecule has 1 aliphatic heterocycles. The summed E-state index contributed by atoms with van der Waals surface area (Å²) in [6.07, 6.45) is 6.25. The molecule has 1 aromatic heterocycles. The molecule has 0 saturated carbocycles. The number of carbonyl (C=O) groups excluding carboxylic acids is 1. The topological polar surface area (TPSA) is 94.7 Å². The third-order valence-electron chi connectivity index (χ3n) is 5.87. The number of anilines is 2. The van der Waals surface area contributed by atoms with Crippen molar-refractivity contribution < 1.29 is 9.53 Å². The van der Waals surface area contributed by atoms with E-state index in [-0.39, 0.29) is 5.91 Å². The number of nitrogens with one attached hydrogen (secondary N) is 3. The second kappa shape index (κ2) is 15.5. The molecule has 0 bridgehead atoms. The number of likely N-dealkylation sites (tertiary alicyclic amines) is 1. The Hall–Kier alpha value is -2.43. The lowest BCUT2D eigenvalue weighted by atomic mass is 10.1. The molecule has 1 amide bonds. The summed E-state index contributed by atoms with van der Waals surface area (Å²) in [4.78, 5) is 16.5. The lowest BCUT2D eigenvalue weighted by Gasteiger charge is -2.26. The highest BCUT2D eigenvalue weighted by Gasteiger charge is 2.11. The number of rotatable bonds is 16. The highest BCUT2D eigenvalue weighted by molar-refractivity contribution is 6.99. The summed E-state index contributed by atoms with van der Waals surface area (Å²) >= 11 is 1.17. The molecule has 2 heterocycles. The molecule has 1 fully saturated rings. The predicted molar refractivity (Wildman–Crippen MR) is 143 cm³/mol. The molecule has 0 unspecified atom stereocenters. The van der Waals surface area contributed by atoms with E-state index in [0.29, 0.717) is 26.1 Å². The van der Waals surface area contributed by atoms with Crippen LogP contribution >= 0.6 is 11.7 Å². The van der Waals surface area contributed by atoms with Crippen LogP contribution in [0, 0.1) is 0 Å². The summed E-state index contributed by atoms with van der Waals surface area (Å²) in [7, 11) is 4.02. The van der Waals surface area contributed by atoms with E-state index in [1.165, 1.54) is 49.6 Å². The third kappa shape index (κ3) is 10.8.